The van der Waals surface area contributed by atoms with Crippen LogP contribution in [0.25, 0.3) is 11.5 Å². The van der Waals surface area contributed by atoms with Crippen LogP contribution in [0.15, 0.2) is 57.9 Å². The zero-order valence-electron chi connectivity index (χ0n) is 17.2. The standard InChI is InChI=1S/C22H22ClN3O5S/c23-19-11-4-3-10-18(19)21-24-20(25-31-21)15-30-22(27)16-8-7-9-17(14-16)32(28,29)26-12-5-1-2-6-13-26/h3-4,7-11,14H,1-2,5-6,12-13,15H2. The molecule has 1 saturated heterocycles. The summed E-state index contributed by atoms with van der Waals surface area (Å²) in [6.07, 6.45) is 3.71. The van der Waals surface area contributed by atoms with Gasteiger partial charge < -0.3 is 9.26 Å². The van der Waals surface area contributed by atoms with Crippen molar-refractivity contribution in [2.24, 2.45) is 0 Å². The van der Waals surface area contributed by atoms with Crippen molar-refractivity contribution in [2.75, 3.05) is 13.1 Å². The molecular formula is C22H22ClN3O5S. The summed E-state index contributed by atoms with van der Waals surface area (Å²) in [5, 5.41) is 4.26. The second-order valence-corrected chi connectivity index (χ2v) is 9.76. The Morgan fingerprint density at radius 3 is 2.56 bits per heavy atom. The lowest BCUT2D eigenvalue weighted by atomic mass is 10.2. The zero-order valence-corrected chi connectivity index (χ0v) is 18.8. The van der Waals surface area contributed by atoms with E-state index in [9.17, 15) is 13.2 Å². The van der Waals surface area contributed by atoms with Gasteiger partial charge in [0, 0.05) is 13.1 Å². The molecule has 168 valence electrons. The van der Waals surface area contributed by atoms with E-state index in [1.54, 1.807) is 24.3 Å². The predicted octanol–water partition coefficient (Wildman–Crippen LogP) is 4.31. The highest BCUT2D eigenvalue weighted by atomic mass is 35.5. The third-order valence-electron chi connectivity index (χ3n) is 5.18. The second-order valence-electron chi connectivity index (χ2n) is 7.42. The molecule has 1 aliphatic rings. The highest BCUT2D eigenvalue weighted by Crippen LogP contribution is 2.26. The van der Waals surface area contributed by atoms with Crippen molar-refractivity contribution in [1.29, 1.82) is 0 Å². The molecule has 0 bridgehead atoms. The Morgan fingerprint density at radius 1 is 1.06 bits per heavy atom. The number of carbonyl (C=O) groups is 1. The normalized spacial score (nSPS) is 15.3. The molecule has 0 saturated carbocycles. The molecule has 0 atom stereocenters. The number of nitrogens with zero attached hydrogens (tertiary/aromatic N) is 3. The molecule has 1 aliphatic heterocycles. The van der Waals surface area contributed by atoms with Gasteiger partial charge >= 0.3 is 5.97 Å². The van der Waals surface area contributed by atoms with Gasteiger partial charge in [0.25, 0.3) is 5.89 Å². The highest BCUT2D eigenvalue weighted by molar-refractivity contribution is 7.89. The van der Waals surface area contributed by atoms with Gasteiger partial charge in [0.05, 0.1) is 21.0 Å². The number of aromatic nitrogens is 2. The minimum Gasteiger partial charge on any atom is -0.454 e. The molecule has 0 aliphatic carbocycles. The van der Waals surface area contributed by atoms with Gasteiger partial charge in [-0.3, -0.25) is 0 Å². The van der Waals surface area contributed by atoms with E-state index < -0.39 is 16.0 Å². The van der Waals surface area contributed by atoms with Crippen molar-refractivity contribution in [2.45, 2.75) is 37.2 Å². The van der Waals surface area contributed by atoms with Crippen molar-refractivity contribution in [3.05, 3.63) is 64.9 Å². The van der Waals surface area contributed by atoms with Crippen LogP contribution in [-0.2, 0) is 21.4 Å². The molecule has 3 aromatic rings. The fraction of sp³-hybridized carbons (Fsp3) is 0.318. The van der Waals surface area contributed by atoms with Crippen LogP contribution < -0.4 is 0 Å². The van der Waals surface area contributed by atoms with Gasteiger partial charge in [-0.15, -0.1) is 0 Å². The van der Waals surface area contributed by atoms with Crippen molar-refractivity contribution in [1.82, 2.24) is 14.4 Å². The van der Waals surface area contributed by atoms with Gasteiger partial charge in [0.15, 0.2) is 6.61 Å². The van der Waals surface area contributed by atoms with Crippen molar-refractivity contribution in [3.63, 3.8) is 0 Å². The number of hydrogen-bond donors (Lipinski definition) is 0. The Kier molecular flexibility index (Phi) is 6.88. The molecule has 0 amide bonds. The van der Waals surface area contributed by atoms with E-state index in [-0.39, 0.29) is 28.8 Å². The van der Waals surface area contributed by atoms with E-state index in [0.29, 0.717) is 23.7 Å². The Morgan fingerprint density at radius 2 is 1.81 bits per heavy atom. The van der Waals surface area contributed by atoms with Gasteiger partial charge in [-0.1, -0.05) is 47.8 Å². The van der Waals surface area contributed by atoms with Crippen LogP contribution in [-0.4, -0.2) is 41.9 Å². The van der Waals surface area contributed by atoms with Gasteiger partial charge in [0.1, 0.15) is 0 Å². The summed E-state index contributed by atoms with van der Waals surface area (Å²) >= 11 is 6.13. The fourth-order valence-corrected chi connectivity index (χ4v) is 5.26. The number of esters is 1. The van der Waals surface area contributed by atoms with Crippen LogP contribution in [0.1, 0.15) is 41.9 Å². The van der Waals surface area contributed by atoms with E-state index >= 15 is 0 Å². The van der Waals surface area contributed by atoms with Crippen molar-refractivity contribution >= 4 is 27.6 Å². The Balaban J connectivity index is 1.44. The zero-order chi connectivity index (χ0) is 22.6. The van der Waals surface area contributed by atoms with Crippen LogP contribution >= 0.6 is 11.6 Å². The average Bonchev–Trinajstić information content (AvgIpc) is 3.09. The number of ether oxygens (including phenoxy) is 1. The number of rotatable bonds is 6. The van der Waals surface area contributed by atoms with Crippen LogP contribution in [0.2, 0.25) is 5.02 Å². The molecule has 0 N–H and O–H groups in total. The maximum Gasteiger partial charge on any atom is 0.338 e. The molecule has 8 nitrogen and oxygen atoms in total. The van der Waals surface area contributed by atoms with Crippen molar-refractivity contribution < 1.29 is 22.5 Å². The van der Waals surface area contributed by atoms with E-state index in [4.69, 9.17) is 20.9 Å². The lowest BCUT2D eigenvalue weighted by Gasteiger charge is -2.20. The number of hydrogen-bond acceptors (Lipinski definition) is 7. The largest absolute Gasteiger partial charge is 0.454 e. The second kappa shape index (κ2) is 9.81. The topological polar surface area (TPSA) is 103 Å². The molecule has 1 aromatic heterocycles. The summed E-state index contributed by atoms with van der Waals surface area (Å²) < 4.78 is 37.9. The third kappa shape index (κ3) is 5.01. The third-order valence-corrected chi connectivity index (χ3v) is 7.40. The smallest absolute Gasteiger partial charge is 0.338 e. The number of benzene rings is 2. The summed E-state index contributed by atoms with van der Waals surface area (Å²) in [5.74, 6) is -0.296. The molecule has 32 heavy (non-hydrogen) atoms. The molecule has 2 aromatic carbocycles. The molecule has 10 heteroatoms. The first-order chi connectivity index (χ1) is 15.4. The van der Waals surface area contributed by atoms with Crippen LogP contribution in [0.3, 0.4) is 0 Å². The lowest BCUT2D eigenvalue weighted by molar-refractivity contribution is 0.0459. The Labute approximate surface area is 191 Å². The molecule has 0 radical (unpaired) electrons. The van der Waals surface area contributed by atoms with Gasteiger partial charge in [-0.2, -0.15) is 9.29 Å². The highest BCUT2D eigenvalue weighted by Gasteiger charge is 2.26. The summed E-state index contributed by atoms with van der Waals surface area (Å²) in [7, 11) is -3.67. The average molecular weight is 476 g/mol. The Bertz CT molecular complexity index is 1200. The number of sulfonamides is 1. The lowest BCUT2D eigenvalue weighted by Crippen LogP contribution is -2.32. The minimum absolute atomic E-state index is 0.0782. The van der Waals surface area contributed by atoms with Gasteiger partial charge in [0.2, 0.25) is 15.8 Å². The maximum atomic E-state index is 13.0. The van der Waals surface area contributed by atoms with Crippen LogP contribution in [0, 0.1) is 0 Å². The summed E-state index contributed by atoms with van der Waals surface area (Å²) in [5.41, 5.74) is 0.710. The quantitative estimate of drug-likeness (QED) is 0.489. The van der Waals surface area contributed by atoms with E-state index in [1.165, 1.54) is 28.6 Å². The predicted molar refractivity (Wildman–Crippen MR) is 118 cm³/mol. The maximum absolute atomic E-state index is 13.0. The SMILES string of the molecule is O=C(OCc1noc(-c2ccccc2Cl)n1)c1cccc(S(=O)(=O)N2CCCCCC2)c1. The monoisotopic (exact) mass is 475 g/mol. The van der Waals surface area contributed by atoms with E-state index in [2.05, 4.69) is 10.1 Å². The van der Waals surface area contributed by atoms with Crippen molar-refractivity contribution in [3.8, 4) is 11.5 Å². The van der Waals surface area contributed by atoms with E-state index in [1.807, 2.05) is 0 Å². The fourth-order valence-electron chi connectivity index (χ4n) is 3.48. The summed E-state index contributed by atoms with van der Waals surface area (Å²) in [6, 6.07) is 12.9. The molecule has 0 spiro atoms. The molecule has 2 heterocycles. The Hall–Kier alpha value is -2.75. The first kappa shape index (κ1) is 22.4. The first-order valence-electron chi connectivity index (χ1n) is 10.3. The number of carbonyl (C=O) groups excluding carboxylic acids is 1. The van der Waals surface area contributed by atoms with Crippen LogP contribution in [0.5, 0.6) is 0 Å². The number of halogens is 1. The van der Waals surface area contributed by atoms with E-state index in [0.717, 1.165) is 25.7 Å². The molecule has 0 unspecified atom stereocenters. The van der Waals surface area contributed by atoms with Gasteiger partial charge in [-0.25, -0.2) is 13.2 Å². The summed E-state index contributed by atoms with van der Waals surface area (Å²) in [6.45, 7) is 0.751. The molecular weight excluding hydrogens is 454 g/mol. The summed E-state index contributed by atoms with van der Waals surface area (Å²) in [4.78, 5) is 16.8. The molecule has 4 rings (SSSR count). The minimum atomic E-state index is -3.67. The van der Waals surface area contributed by atoms with Gasteiger partial charge in [-0.05, 0) is 43.2 Å². The first-order valence-corrected chi connectivity index (χ1v) is 12.1. The molecule has 1 fully saturated rings. The van der Waals surface area contributed by atoms with Crippen LogP contribution in [0.4, 0.5) is 0 Å².